The fourth-order valence-electron chi connectivity index (χ4n) is 3.42. The normalized spacial score (nSPS) is 14.8. The summed E-state index contributed by atoms with van der Waals surface area (Å²) in [6, 6.07) is 13.9. The van der Waals surface area contributed by atoms with E-state index in [0.717, 1.165) is 29.8 Å². The summed E-state index contributed by atoms with van der Waals surface area (Å²) in [4.78, 5) is 12.8. The van der Waals surface area contributed by atoms with Crippen LogP contribution in [0.15, 0.2) is 48.5 Å². The second-order valence-corrected chi connectivity index (χ2v) is 7.48. The van der Waals surface area contributed by atoms with Crippen molar-refractivity contribution in [1.29, 1.82) is 0 Å². The van der Waals surface area contributed by atoms with E-state index in [-0.39, 0.29) is 5.91 Å². The summed E-state index contributed by atoms with van der Waals surface area (Å²) < 4.78 is 16.2. The number of carbonyl (C=O) groups excluding carboxylic acids is 1. The molecule has 0 saturated heterocycles. The van der Waals surface area contributed by atoms with Gasteiger partial charge in [0.2, 0.25) is 5.91 Å². The monoisotopic (exact) mass is 383 g/mol. The third-order valence-corrected chi connectivity index (χ3v) is 5.28. The summed E-state index contributed by atoms with van der Waals surface area (Å²) >= 11 is 5.94. The lowest BCUT2D eigenvalue weighted by Crippen LogP contribution is -2.27. The van der Waals surface area contributed by atoms with Crippen molar-refractivity contribution >= 4 is 23.2 Å². The minimum atomic E-state index is -0.546. The first kappa shape index (κ1) is 17.7. The molecule has 0 aliphatic heterocycles. The van der Waals surface area contributed by atoms with Crippen LogP contribution in [0.2, 0.25) is 5.02 Å². The number of rotatable bonds is 4. The van der Waals surface area contributed by atoms with Crippen molar-refractivity contribution in [2.24, 2.45) is 0 Å². The Morgan fingerprint density at radius 1 is 1.15 bits per heavy atom. The van der Waals surface area contributed by atoms with Gasteiger partial charge in [-0.3, -0.25) is 4.79 Å². The van der Waals surface area contributed by atoms with Gasteiger partial charge in [-0.2, -0.15) is 5.10 Å². The molecule has 0 unspecified atom stereocenters. The van der Waals surface area contributed by atoms with Crippen LogP contribution in [0.1, 0.15) is 29.8 Å². The van der Waals surface area contributed by atoms with E-state index >= 15 is 0 Å². The van der Waals surface area contributed by atoms with Crippen LogP contribution >= 0.6 is 11.6 Å². The number of halogens is 2. The number of benzene rings is 2. The predicted molar refractivity (Wildman–Crippen MR) is 104 cm³/mol. The van der Waals surface area contributed by atoms with Crippen LogP contribution in [0.4, 0.5) is 10.1 Å². The van der Waals surface area contributed by atoms with Crippen molar-refractivity contribution < 1.29 is 9.18 Å². The number of carbonyl (C=O) groups is 1. The number of nitrogens with one attached hydrogen (secondary N) is 1. The van der Waals surface area contributed by atoms with E-state index in [1.54, 1.807) is 28.9 Å². The van der Waals surface area contributed by atoms with Crippen LogP contribution < -0.4 is 5.32 Å². The highest BCUT2D eigenvalue weighted by Crippen LogP contribution is 2.49. The summed E-state index contributed by atoms with van der Waals surface area (Å²) in [5.41, 5.74) is 2.85. The topological polar surface area (TPSA) is 46.9 Å². The van der Waals surface area contributed by atoms with Gasteiger partial charge in [0, 0.05) is 16.4 Å². The third-order valence-electron chi connectivity index (χ3n) is 5.02. The number of aryl methyl sites for hydroxylation is 2. The first-order valence-electron chi connectivity index (χ1n) is 8.80. The van der Waals surface area contributed by atoms with Crippen molar-refractivity contribution in [2.75, 3.05) is 5.32 Å². The van der Waals surface area contributed by atoms with Gasteiger partial charge >= 0.3 is 0 Å². The van der Waals surface area contributed by atoms with Crippen LogP contribution in [0.5, 0.6) is 0 Å². The molecule has 1 fully saturated rings. The molecule has 3 aromatic rings. The average molecular weight is 384 g/mol. The van der Waals surface area contributed by atoms with E-state index in [1.807, 2.05) is 32.0 Å². The lowest BCUT2D eigenvalue weighted by atomic mass is 9.95. The van der Waals surface area contributed by atoms with Crippen molar-refractivity contribution in [3.8, 4) is 5.69 Å². The Hall–Kier alpha value is -2.66. The van der Waals surface area contributed by atoms with Crippen LogP contribution in [0.25, 0.3) is 5.69 Å². The highest BCUT2D eigenvalue weighted by Gasteiger charge is 2.51. The Morgan fingerprint density at radius 3 is 2.41 bits per heavy atom. The molecule has 0 radical (unpaired) electrons. The van der Waals surface area contributed by atoms with Crippen LogP contribution in [0, 0.1) is 19.7 Å². The zero-order valence-electron chi connectivity index (χ0n) is 15.1. The van der Waals surface area contributed by atoms with Crippen molar-refractivity contribution in [3.05, 3.63) is 76.3 Å². The molecule has 1 N–H and O–H groups in total. The molecule has 1 aliphatic rings. The molecule has 0 bridgehead atoms. The Morgan fingerprint density at radius 2 is 1.85 bits per heavy atom. The van der Waals surface area contributed by atoms with Gasteiger partial charge in [-0.05, 0) is 68.7 Å². The summed E-state index contributed by atoms with van der Waals surface area (Å²) in [6.07, 6.45) is 1.54. The molecular weight excluding hydrogens is 365 g/mol. The summed E-state index contributed by atoms with van der Waals surface area (Å²) in [5.74, 6) is -0.557. The van der Waals surface area contributed by atoms with Gasteiger partial charge in [0.1, 0.15) is 5.69 Å². The summed E-state index contributed by atoms with van der Waals surface area (Å²) in [7, 11) is 0. The molecule has 27 heavy (non-hydrogen) atoms. The lowest BCUT2D eigenvalue weighted by Gasteiger charge is -2.16. The molecule has 1 aliphatic carbocycles. The number of anilines is 1. The minimum absolute atomic E-state index is 0.122. The van der Waals surface area contributed by atoms with Gasteiger partial charge in [0.25, 0.3) is 0 Å². The second kappa shape index (κ2) is 6.50. The summed E-state index contributed by atoms with van der Waals surface area (Å²) in [5, 5.41) is 7.80. The maximum atomic E-state index is 14.6. The highest BCUT2D eigenvalue weighted by molar-refractivity contribution is 6.30. The molecule has 1 heterocycles. The Balaban J connectivity index is 1.56. The average Bonchev–Trinajstić information content (AvgIpc) is 3.36. The van der Waals surface area contributed by atoms with Crippen molar-refractivity contribution in [2.45, 2.75) is 32.1 Å². The first-order chi connectivity index (χ1) is 12.9. The molecule has 4 nitrogen and oxygen atoms in total. The number of nitrogens with zero attached hydrogens (tertiary/aromatic N) is 2. The largest absolute Gasteiger partial charge is 0.325 e. The standard InChI is InChI=1S/C21H19ClFN3O/c1-13-11-14(2)26(25-13)19-8-7-17(12-18(19)23)24-20(27)21(9-10-21)15-3-5-16(22)6-4-15/h3-8,11-12H,9-10H2,1-2H3,(H,24,27). The van der Waals surface area contributed by atoms with E-state index in [2.05, 4.69) is 10.4 Å². The van der Waals surface area contributed by atoms with Crippen molar-refractivity contribution in [1.82, 2.24) is 9.78 Å². The van der Waals surface area contributed by atoms with Gasteiger partial charge in [0.15, 0.2) is 5.82 Å². The lowest BCUT2D eigenvalue weighted by molar-refractivity contribution is -0.118. The fraction of sp³-hybridized carbons (Fsp3) is 0.238. The van der Waals surface area contributed by atoms with Crippen molar-refractivity contribution in [3.63, 3.8) is 0 Å². The minimum Gasteiger partial charge on any atom is -0.325 e. The molecule has 2 aromatic carbocycles. The van der Waals surface area contributed by atoms with E-state index in [4.69, 9.17) is 11.6 Å². The molecule has 4 rings (SSSR count). The van der Waals surface area contributed by atoms with Crippen LogP contribution in [-0.4, -0.2) is 15.7 Å². The van der Waals surface area contributed by atoms with Gasteiger partial charge in [-0.25, -0.2) is 9.07 Å². The zero-order chi connectivity index (χ0) is 19.2. The predicted octanol–water partition coefficient (Wildman–Crippen LogP) is 4.95. The summed E-state index contributed by atoms with van der Waals surface area (Å²) in [6.45, 7) is 3.74. The quantitative estimate of drug-likeness (QED) is 0.692. The third kappa shape index (κ3) is 3.23. The van der Waals surface area contributed by atoms with Crippen LogP contribution in [0.3, 0.4) is 0 Å². The second-order valence-electron chi connectivity index (χ2n) is 7.05. The SMILES string of the molecule is Cc1cc(C)n(-c2ccc(NC(=O)C3(c4ccc(Cl)cc4)CC3)cc2F)n1. The van der Waals surface area contributed by atoms with E-state index in [9.17, 15) is 9.18 Å². The molecule has 138 valence electrons. The first-order valence-corrected chi connectivity index (χ1v) is 9.17. The molecule has 0 spiro atoms. The smallest absolute Gasteiger partial charge is 0.235 e. The number of hydrogen-bond donors (Lipinski definition) is 1. The van der Waals surface area contributed by atoms with Gasteiger partial charge in [0.05, 0.1) is 11.1 Å². The fourth-order valence-corrected chi connectivity index (χ4v) is 3.55. The zero-order valence-corrected chi connectivity index (χ0v) is 15.8. The van der Waals surface area contributed by atoms with Gasteiger partial charge < -0.3 is 5.32 Å². The van der Waals surface area contributed by atoms with E-state index in [1.165, 1.54) is 6.07 Å². The van der Waals surface area contributed by atoms with E-state index in [0.29, 0.717) is 16.4 Å². The molecule has 1 amide bonds. The van der Waals surface area contributed by atoms with Crippen LogP contribution in [-0.2, 0) is 10.2 Å². The molecular formula is C21H19ClFN3O. The Kier molecular flexibility index (Phi) is 4.27. The molecule has 1 aromatic heterocycles. The number of hydrogen-bond acceptors (Lipinski definition) is 2. The van der Waals surface area contributed by atoms with E-state index < -0.39 is 11.2 Å². The molecule has 0 atom stereocenters. The highest BCUT2D eigenvalue weighted by atomic mass is 35.5. The Bertz CT molecular complexity index is 1020. The van der Waals surface area contributed by atoms with Gasteiger partial charge in [-0.1, -0.05) is 23.7 Å². The number of amides is 1. The maximum Gasteiger partial charge on any atom is 0.235 e. The molecule has 1 saturated carbocycles. The number of aromatic nitrogens is 2. The van der Waals surface area contributed by atoms with Gasteiger partial charge in [-0.15, -0.1) is 0 Å². The molecule has 6 heteroatoms. The Labute approximate surface area is 162 Å². The maximum absolute atomic E-state index is 14.6.